The van der Waals surface area contributed by atoms with Crippen molar-refractivity contribution in [3.05, 3.63) is 35.0 Å². The lowest BCUT2D eigenvalue weighted by Crippen LogP contribution is -2.35. The van der Waals surface area contributed by atoms with Crippen molar-refractivity contribution in [2.24, 2.45) is 5.92 Å². The highest BCUT2D eigenvalue weighted by atomic mass is 35.5. The van der Waals surface area contributed by atoms with E-state index in [0.29, 0.717) is 0 Å². The van der Waals surface area contributed by atoms with E-state index in [1.165, 1.54) is 10.9 Å². The van der Waals surface area contributed by atoms with Crippen LogP contribution in [0.1, 0.15) is 18.4 Å². The highest BCUT2D eigenvalue weighted by Crippen LogP contribution is 2.25. The third-order valence-corrected chi connectivity index (χ3v) is 4.30. The SMILES string of the molecule is O=C(O)C1CCN(Cc2c[nH]c3cc(Cl)ccc23)CC1. The Kier molecular flexibility index (Phi) is 3.68. The first-order valence-corrected chi connectivity index (χ1v) is 7.22. The zero-order valence-corrected chi connectivity index (χ0v) is 11.9. The Morgan fingerprint density at radius 1 is 1.40 bits per heavy atom. The minimum Gasteiger partial charge on any atom is -0.481 e. The van der Waals surface area contributed by atoms with Gasteiger partial charge in [-0.3, -0.25) is 9.69 Å². The third kappa shape index (κ3) is 2.67. The van der Waals surface area contributed by atoms with Crippen LogP contribution in [0.2, 0.25) is 5.02 Å². The number of benzene rings is 1. The minimum absolute atomic E-state index is 0.173. The molecule has 106 valence electrons. The normalized spacial score (nSPS) is 17.6. The molecule has 2 aromatic rings. The van der Waals surface area contributed by atoms with E-state index in [1.807, 2.05) is 24.4 Å². The molecule has 2 heterocycles. The summed E-state index contributed by atoms with van der Waals surface area (Å²) in [5.74, 6) is -0.834. The van der Waals surface area contributed by atoms with Crippen LogP contribution in [0.4, 0.5) is 0 Å². The average Bonchev–Trinajstić information content (AvgIpc) is 2.81. The monoisotopic (exact) mass is 292 g/mol. The van der Waals surface area contributed by atoms with E-state index in [1.54, 1.807) is 0 Å². The van der Waals surface area contributed by atoms with E-state index in [9.17, 15) is 4.79 Å². The largest absolute Gasteiger partial charge is 0.481 e. The molecule has 0 aliphatic carbocycles. The number of halogens is 1. The number of nitrogens with one attached hydrogen (secondary N) is 1. The summed E-state index contributed by atoms with van der Waals surface area (Å²) in [4.78, 5) is 16.5. The molecule has 1 fully saturated rings. The molecule has 0 spiro atoms. The highest BCUT2D eigenvalue weighted by molar-refractivity contribution is 6.31. The molecule has 0 amide bonds. The molecule has 20 heavy (non-hydrogen) atoms. The van der Waals surface area contributed by atoms with Crippen molar-refractivity contribution in [1.82, 2.24) is 9.88 Å². The molecule has 5 heteroatoms. The lowest BCUT2D eigenvalue weighted by Gasteiger charge is -2.29. The van der Waals surface area contributed by atoms with Gasteiger partial charge in [0.15, 0.2) is 0 Å². The summed E-state index contributed by atoms with van der Waals surface area (Å²) in [6, 6.07) is 5.86. The van der Waals surface area contributed by atoms with Crippen molar-refractivity contribution in [2.75, 3.05) is 13.1 Å². The number of rotatable bonds is 3. The van der Waals surface area contributed by atoms with Crippen LogP contribution in [-0.4, -0.2) is 34.0 Å². The number of aliphatic carboxylic acids is 1. The number of aromatic amines is 1. The average molecular weight is 293 g/mol. The molecule has 2 N–H and O–H groups in total. The second-order valence-corrected chi connectivity index (χ2v) is 5.83. The summed E-state index contributed by atoms with van der Waals surface area (Å²) in [5.41, 5.74) is 2.29. The quantitative estimate of drug-likeness (QED) is 0.914. The van der Waals surface area contributed by atoms with Crippen molar-refractivity contribution in [1.29, 1.82) is 0 Å². The smallest absolute Gasteiger partial charge is 0.306 e. The number of H-pyrrole nitrogens is 1. The molecular weight excluding hydrogens is 276 g/mol. The maximum absolute atomic E-state index is 10.9. The van der Waals surface area contributed by atoms with Gasteiger partial charge in [-0.1, -0.05) is 17.7 Å². The Balaban J connectivity index is 1.70. The number of carbonyl (C=O) groups is 1. The summed E-state index contributed by atoms with van der Waals surface area (Å²) in [6.45, 7) is 2.54. The number of piperidine rings is 1. The fourth-order valence-electron chi connectivity index (χ4n) is 2.87. The maximum atomic E-state index is 10.9. The van der Waals surface area contributed by atoms with Gasteiger partial charge in [0, 0.05) is 28.7 Å². The fraction of sp³-hybridized carbons (Fsp3) is 0.400. The predicted molar refractivity (Wildman–Crippen MR) is 78.9 cm³/mol. The minimum atomic E-state index is -0.661. The van der Waals surface area contributed by atoms with E-state index in [0.717, 1.165) is 43.0 Å². The van der Waals surface area contributed by atoms with Gasteiger partial charge in [-0.25, -0.2) is 0 Å². The summed E-state index contributed by atoms with van der Waals surface area (Å²) in [6.07, 6.45) is 3.50. The first kappa shape index (κ1) is 13.5. The van der Waals surface area contributed by atoms with Gasteiger partial charge in [0.1, 0.15) is 0 Å². The number of carboxylic acid groups (broad SMARTS) is 1. The Bertz CT molecular complexity index is 630. The van der Waals surface area contributed by atoms with Gasteiger partial charge < -0.3 is 10.1 Å². The third-order valence-electron chi connectivity index (χ3n) is 4.06. The molecule has 0 saturated carbocycles. The molecule has 1 aromatic heterocycles. The lowest BCUT2D eigenvalue weighted by atomic mass is 9.97. The molecule has 0 unspecified atom stereocenters. The standard InChI is InChI=1S/C15H17ClN2O2/c16-12-1-2-13-11(8-17-14(13)7-12)9-18-5-3-10(4-6-18)15(19)20/h1-2,7-8,10,17H,3-6,9H2,(H,19,20). The van der Waals surface area contributed by atoms with Gasteiger partial charge >= 0.3 is 5.97 Å². The molecule has 1 aromatic carbocycles. The van der Waals surface area contributed by atoms with E-state index in [4.69, 9.17) is 16.7 Å². The number of hydrogen-bond acceptors (Lipinski definition) is 2. The zero-order chi connectivity index (χ0) is 14.1. The van der Waals surface area contributed by atoms with Crippen molar-refractivity contribution in [2.45, 2.75) is 19.4 Å². The number of hydrogen-bond donors (Lipinski definition) is 2. The Hall–Kier alpha value is -1.52. The fourth-order valence-corrected chi connectivity index (χ4v) is 3.04. The lowest BCUT2D eigenvalue weighted by molar-refractivity contribution is -0.143. The number of aromatic nitrogens is 1. The predicted octanol–water partition coefficient (Wildman–Crippen LogP) is 3.12. The van der Waals surface area contributed by atoms with Crippen LogP contribution < -0.4 is 0 Å². The summed E-state index contributed by atoms with van der Waals surface area (Å²) < 4.78 is 0. The van der Waals surface area contributed by atoms with Gasteiger partial charge in [-0.05, 0) is 43.6 Å². The number of likely N-dealkylation sites (tertiary alicyclic amines) is 1. The van der Waals surface area contributed by atoms with Crippen LogP contribution in [0.3, 0.4) is 0 Å². The first-order chi connectivity index (χ1) is 9.63. The van der Waals surface area contributed by atoms with Gasteiger partial charge in [-0.2, -0.15) is 0 Å². The molecule has 0 bridgehead atoms. The van der Waals surface area contributed by atoms with Crippen LogP contribution in [0.25, 0.3) is 10.9 Å². The van der Waals surface area contributed by atoms with Gasteiger partial charge in [0.05, 0.1) is 5.92 Å². The number of nitrogens with zero attached hydrogens (tertiary/aromatic N) is 1. The van der Waals surface area contributed by atoms with E-state index in [2.05, 4.69) is 9.88 Å². The van der Waals surface area contributed by atoms with Crippen LogP contribution in [0.5, 0.6) is 0 Å². The Labute approximate surface area is 122 Å². The molecule has 0 radical (unpaired) electrons. The Morgan fingerprint density at radius 3 is 2.85 bits per heavy atom. The van der Waals surface area contributed by atoms with Crippen LogP contribution in [0, 0.1) is 5.92 Å². The van der Waals surface area contributed by atoms with Crippen molar-refractivity contribution in [3.8, 4) is 0 Å². The van der Waals surface area contributed by atoms with E-state index >= 15 is 0 Å². The van der Waals surface area contributed by atoms with Crippen LogP contribution in [0.15, 0.2) is 24.4 Å². The number of fused-ring (bicyclic) bond motifs is 1. The van der Waals surface area contributed by atoms with Gasteiger partial charge in [0.2, 0.25) is 0 Å². The summed E-state index contributed by atoms with van der Waals surface area (Å²) in [5, 5.41) is 10.9. The Morgan fingerprint density at radius 2 is 2.15 bits per heavy atom. The summed E-state index contributed by atoms with van der Waals surface area (Å²) in [7, 11) is 0. The molecule has 4 nitrogen and oxygen atoms in total. The molecule has 0 atom stereocenters. The molecule has 3 rings (SSSR count). The van der Waals surface area contributed by atoms with Gasteiger partial charge in [0.25, 0.3) is 0 Å². The van der Waals surface area contributed by atoms with Crippen LogP contribution >= 0.6 is 11.6 Å². The van der Waals surface area contributed by atoms with Crippen molar-refractivity contribution >= 4 is 28.5 Å². The molecular formula is C15H17ClN2O2. The number of carboxylic acids is 1. The van der Waals surface area contributed by atoms with E-state index < -0.39 is 5.97 Å². The molecule has 1 aliphatic rings. The van der Waals surface area contributed by atoms with Crippen molar-refractivity contribution < 1.29 is 9.90 Å². The topological polar surface area (TPSA) is 56.3 Å². The molecule has 1 saturated heterocycles. The first-order valence-electron chi connectivity index (χ1n) is 6.84. The maximum Gasteiger partial charge on any atom is 0.306 e. The van der Waals surface area contributed by atoms with Crippen molar-refractivity contribution in [3.63, 3.8) is 0 Å². The van der Waals surface area contributed by atoms with Crippen LogP contribution in [-0.2, 0) is 11.3 Å². The zero-order valence-electron chi connectivity index (χ0n) is 11.1. The van der Waals surface area contributed by atoms with E-state index in [-0.39, 0.29) is 5.92 Å². The highest BCUT2D eigenvalue weighted by Gasteiger charge is 2.24. The second-order valence-electron chi connectivity index (χ2n) is 5.39. The summed E-state index contributed by atoms with van der Waals surface area (Å²) >= 11 is 5.98. The van der Waals surface area contributed by atoms with Gasteiger partial charge in [-0.15, -0.1) is 0 Å². The second kappa shape index (κ2) is 5.46. The molecule has 1 aliphatic heterocycles.